The molecule has 0 unspecified atom stereocenters. The van der Waals surface area contributed by atoms with Crippen LogP contribution in [0.2, 0.25) is 0 Å². The minimum absolute atomic E-state index is 0.0270. The molecule has 1 saturated carbocycles. The molecule has 0 aromatic heterocycles. The van der Waals surface area contributed by atoms with Crippen LogP contribution < -0.4 is 3.27 Å². The van der Waals surface area contributed by atoms with Crippen LogP contribution in [0.25, 0.3) is 33.4 Å². The molecule has 234 valence electrons. The molecule has 0 atom stereocenters. The van der Waals surface area contributed by atoms with E-state index in [0.29, 0.717) is 0 Å². The van der Waals surface area contributed by atoms with E-state index >= 15 is 0 Å². The van der Waals surface area contributed by atoms with Gasteiger partial charge in [-0.25, -0.2) is 0 Å². The van der Waals surface area contributed by atoms with Crippen molar-refractivity contribution in [3.05, 3.63) is 123 Å². The normalized spacial score (nSPS) is 16.2. The molecule has 1 fully saturated rings. The van der Waals surface area contributed by atoms with Crippen molar-refractivity contribution in [1.82, 2.24) is 0 Å². The van der Waals surface area contributed by atoms with Crippen LogP contribution in [0, 0.1) is 0 Å². The first kappa shape index (κ1) is 31.7. The van der Waals surface area contributed by atoms with E-state index in [1.165, 1.54) is 83.0 Å². The Balaban J connectivity index is 1.59. The monoisotopic (exact) mass is 680 g/mol. The second-order valence-electron chi connectivity index (χ2n) is 15.9. The maximum atomic E-state index is 2.64. The average molecular weight is 682 g/mol. The Kier molecular flexibility index (Phi) is 8.69. The van der Waals surface area contributed by atoms with Crippen molar-refractivity contribution in [2.75, 3.05) is 0 Å². The Morgan fingerprint density at radius 2 is 1.22 bits per heavy atom. The summed E-state index contributed by atoms with van der Waals surface area (Å²) in [6, 6.07) is 30.4. The zero-order valence-corrected chi connectivity index (χ0v) is 31.4. The second kappa shape index (κ2) is 12.6. The molecule has 0 saturated heterocycles. The Morgan fingerprint density at radius 1 is 0.609 bits per heavy atom. The third-order valence-corrected chi connectivity index (χ3v) is 18.5. The van der Waals surface area contributed by atoms with Crippen molar-refractivity contribution in [2.45, 2.75) is 104 Å². The van der Waals surface area contributed by atoms with Crippen LogP contribution in [0.3, 0.4) is 0 Å². The Morgan fingerprint density at radius 3 is 1.80 bits per heavy atom. The molecular weight excluding hydrogens is 632 g/mol. The fourth-order valence-corrected chi connectivity index (χ4v) is 17.1. The Labute approximate surface area is 285 Å². The second-order valence-corrected chi connectivity index (χ2v) is 22.3. The van der Waals surface area contributed by atoms with Crippen LogP contribution in [0.15, 0.2) is 100 Å². The van der Waals surface area contributed by atoms with Gasteiger partial charge in [-0.1, -0.05) is 0 Å². The molecule has 4 aromatic carbocycles. The molecule has 1 heteroatoms. The standard InChI is InChI=1S/C33H33.C7H12.C5H5.Zr/c1-32(2,3)30-20-26-24(18-28(30)22-13-9-7-10-14-22)17-25-19-29(23-15-11-8-12-16-23)31(21-27(25)26)33(4,5)6;1-2-4-6-7-5-3-1;1-2-4-5-3-1;/h7-16,18,20-21H,17H2,1-6H3;1-6H2;1-3H,4H2;. The summed E-state index contributed by atoms with van der Waals surface area (Å²) in [7, 11) is 0. The molecule has 0 bridgehead atoms. The first-order valence-corrected chi connectivity index (χ1v) is 21.4. The van der Waals surface area contributed by atoms with Crippen molar-refractivity contribution in [3.8, 4) is 33.4 Å². The van der Waals surface area contributed by atoms with Gasteiger partial charge in [-0.05, 0) is 0 Å². The molecule has 46 heavy (non-hydrogen) atoms. The van der Waals surface area contributed by atoms with Crippen molar-refractivity contribution in [3.63, 3.8) is 0 Å². The van der Waals surface area contributed by atoms with E-state index in [-0.39, 0.29) is 10.8 Å². The third kappa shape index (κ3) is 5.99. The average Bonchev–Trinajstić information content (AvgIpc) is 3.61. The SMILES string of the molecule is CC(C)(C)c1cc2c(cc1-c1ccccc1)Cc1c-2cc(C(C)(C)C)c(-c2ccccc2)[c]1[Zr]([C]1=CC=CC1)=[C]1CCCCCC1. The van der Waals surface area contributed by atoms with Crippen LogP contribution in [0.5, 0.6) is 0 Å². The fraction of sp³-hybridized carbons (Fsp3) is 0.356. The van der Waals surface area contributed by atoms with E-state index in [4.69, 9.17) is 0 Å². The molecule has 0 spiro atoms. The zero-order valence-electron chi connectivity index (χ0n) is 28.9. The summed E-state index contributed by atoms with van der Waals surface area (Å²) >= 11 is -2.48. The van der Waals surface area contributed by atoms with Gasteiger partial charge in [-0.15, -0.1) is 0 Å². The third-order valence-electron chi connectivity index (χ3n) is 10.5. The number of rotatable bonds is 4. The summed E-state index contributed by atoms with van der Waals surface area (Å²) in [5, 5.41) is 0. The topological polar surface area (TPSA) is 0 Å². The molecule has 0 heterocycles. The van der Waals surface area contributed by atoms with Gasteiger partial charge in [0.1, 0.15) is 0 Å². The number of hydrogen-bond acceptors (Lipinski definition) is 0. The van der Waals surface area contributed by atoms with Gasteiger partial charge in [0.25, 0.3) is 0 Å². The van der Waals surface area contributed by atoms with Crippen molar-refractivity contribution in [2.24, 2.45) is 0 Å². The van der Waals surface area contributed by atoms with E-state index in [1.54, 1.807) is 17.7 Å². The van der Waals surface area contributed by atoms with Gasteiger partial charge in [0.15, 0.2) is 0 Å². The zero-order chi connectivity index (χ0) is 32.1. The van der Waals surface area contributed by atoms with Gasteiger partial charge < -0.3 is 0 Å². The van der Waals surface area contributed by atoms with Crippen LogP contribution in [-0.2, 0) is 38.5 Å². The molecule has 3 aliphatic carbocycles. The van der Waals surface area contributed by atoms with Crippen molar-refractivity contribution >= 4 is 6.48 Å². The molecule has 7 rings (SSSR count). The number of benzene rings is 4. The predicted octanol–water partition coefficient (Wildman–Crippen LogP) is 11.8. The number of fused-ring (bicyclic) bond motifs is 3. The van der Waals surface area contributed by atoms with Gasteiger partial charge in [0, 0.05) is 0 Å². The number of allylic oxidation sites excluding steroid dienone is 4. The van der Waals surface area contributed by atoms with E-state index in [9.17, 15) is 0 Å². The maximum absolute atomic E-state index is 2.64. The summed E-state index contributed by atoms with van der Waals surface area (Å²) in [5.41, 5.74) is 15.0. The van der Waals surface area contributed by atoms with Crippen LogP contribution >= 0.6 is 0 Å². The molecule has 0 nitrogen and oxygen atoms in total. The van der Waals surface area contributed by atoms with Gasteiger partial charge in [0.2, 0.25) is 0 Å². The number of hydrogen-bond donors (Lipinski definition) is 0. The first-order chi connectivity index (χ1) is 22.1. The van der Waals surface area contributed by atoms with Crippen LogP contribution in [0.1, 0.15) is 109 Å². The van der Waals surface area contributed by atoms with Crippen molar-refractivity contribution < 1.29 is 21.3 Å². The molecule has 0 N–H and O–H groups in total. The summed E-state index contributed by atoms with van der Waals surface area (Å²) < 4.78 is 5.57. The van der Waals surface area contributed by atoms with Gasteiger partial charge in [0.05, 0.1) is 0 Å². The quantitative estimate of drug-likeness (QED) is 0.166. The van der Waals surface area contributed by atoms with Gasteiger partial charge in [-0.2, -0.15) is 0 Å². The summed E-state index contributed by atoms with van der Waals surface area (Å²) in [6.07, 6.45) is 17.8. The van der Waals surface area contributed by atoms with Crippen LogP contribution in [-0.4, -0.2) is 3.21 Å². The summed E-state index contributed by atoms with van der Waals surface area (Å²) in [5.74, 6) is 0. The van der Waals surface area contributed by atoms with E-state index in [0.717, 1.165) is 12.8 Å². The fourth-order valence-electron chi connectivity index (χ4n) is 8.23. The van der Waals surface area contributed by atoms with Gasteiger partial charge >= 0.3 is 287 Å². The molecule has 3 aliphatic rings. The molecule has 0 amide bonds. The van der Waals surface area contributed by atoms with E-state index < -0.39 is 21.3 Å². The molecule has 4 aromatic rings. The summed E-state index contributed by atoms with van der Waals surface area (Å²) in [4.78, 5) is 0. The summed E-state index contributed by atoms with van der Waals surface area (Å²) in [6.45, 7) is 14.5. The first-order valence-electron chi connectivity index (χ1n) is 17.7. The van der Waals surface area contributed by atoms with E-state index in [1.807, 2.05) is 3.21 Å². The van der Waals surface area contributed by atoms with Crippen LogP contribution in [0.4, 0.5) is 0 Å². The Hall–Kier alpha value is -2.89. The minimum atomic E-state index is -2.48. The van der Waals surface area contributed by atoms with E-state index in [2.05, 4.69) is 139 Å². The molecular formula is C45H50Zr. The predicted molar refractivity (Wildman–Crippen MR) is 197 cm³/mol. The van der Waals surface area contributed by atoms with Crippen molar-refractivity contribution in [1.29, 1.82) is 0 Å². The van der Waals surface area contributed by atoms with Gasteiger partial charge in [-0.3, -0.25) is 0 Å². The molecule has 0 aliphatic heterocycles. The Bertz CT molecular complexity index is 1860. The molecule has 0 radical (unpaired) electrons.